The smallest absolute Gasteiger partial charge is 0.0754 e. The van der Waals surface area contributed by atoms with Gasteiger partial charge in [0.1, 0.15) is 0 Å². The molecule has 7 rings (SSSR count). The number of aliphatic imine (C=N–C) groups is 1. The molecular formula is C45H37N3. The average molecular weight is 620 g/mol. The number of fused-ring (bicyclic) bond motifs is 1. The predicted octanol–water partition coefficient (Wildman–Crippen LogP) is 11.2. The summed E-state index contributed by atoms with van der Waals surface area (Å²) in [4.78, 5) is 9.70. The van der Waals surface area contributed by atoms with Crippen LogP contribution in [0.3, 0.4) is 0 Å². The van der Waals surface area contributed by atoms with Gasteiger partial charge < -0.3 is 5.73 Å². The minimum absolute atomic E-state index is 0.0576. The summed E-state index contributed by atoms with van der Waals surface area (Å²) in [5.74, 6) is 0. The van der Waals surface area contributed by atoms with E-state index in [-0.39, 0.29) is 6.04 Å². The fraction of sp³-hybridized carbons (Fsp3) is 0.0667. The number of benzene rings is 6. The molecule has 0 aliphatic carbocycles. The number of hydrogen-bond donors (Lipinski definition) is 1. The van der Waals surface area contributed by atoms with Gasteiger partial charge in [0.2, 0.25) is 0 Å². The van der Waals surface area contributed by atoms with Gasteiger partial charge >= 0.3 is 0 Å². The molecule has 0 radical (unpaired) electrons. The van der Waals surface area contributed by atoms with Gasteiger partial charge in [0.15, 0.2) is 0 Å². The third-order valence-corrected chi connectivity index (χ3v) is 8.81. The van der Waals surface area contributed by atoms with Gasteiger partial charge in [-0.15, -0.1) is 0 Å². The lowest BCUT2D eigenvalue weighted by atomic mass is 9.96. The number of rotatable bonds is 9. The lowest BCUT2D eigenvalue weighted by Gasteiger charge is -2.16. The molecule has 1 atom stereocenters. The van der Waals surface area contributed by atoms with Crippen LogP contribution < -0.4 is 5.73 Å². The highest BCUT2D eigenvalue weighted by molar-refractivity contribution is 6.12. The molecule has 0 aliphatic heterocycles. The van der Waals surface area contributed by atoms with Crippen molar-refractivity contribution in [1.29, 1.82) is 0 Å². The zero-order valence-corrected chi connectivity index (χ0v) is 27.0. The second-order valence-electron chi connectivity index (χ2n) is 12.0. The highest BCUT2D eigenvalue weighted by atomic mass is 14.8. The van der Waals surface area contributed by atoms with E-state index in [0.717, 1.165) is 45.5 Å². The molecule has 0 bridgehead atoms. The van der Waals surface area contributed by atoms with Gasteiger partial charge in [0.05, 0.1) is 11.8 Å². The Hall–Kier alpha value is -6.06. The van der Waals surface area contributed by atoms with Crippen molar-refractivity contribution in [3.63, 3.8) is 0 Å². The predicted molar refractivity (Wildman–Crippen MR) is 203 cm³/mol. The Kier molecular flexibility index (Phi) is 9.02. The van der Waals surface area contributed by atoms with E-state index < -0.39 is 0 Å². The summed E-state index contributed by atoms with van der Waals surface area (Å²) in [6.07, 6.45) is 6.53. The van der Waals surface area contributed by atoms with E-state index in [1.807, 2.05) is 24.4 Å². The van der Waals surface area contributed by atoms with Gasteiger partial charge in [-0.1, -0.05) is 140 Å². The number of nitrogens with two attached hydrogens (primary N) is 1. The Morgan fingerprint density at radius 3 is 2.00 bits per heavy atom. The van der Waals surface area contributed by atoms with Gasteiger partial charge in [0.25, 0.3) is 0 Å². The summed E-state index contributed by atoms with van der Waals surface area (Å²) in [5, 5.41) is 2.48. The monoisotopic (exact) mass is 619 g/mol. The van der Waals surface area contributed by atoms with Crippen LogP contribution in [0.15, 0.2) is 181 Å². The number of pyridine rings is 1. The van der Waals surface area contributed by atoms with Crippen molar-refractivity contribution in [3.8, 4) is 33.4 Å². The fourth-order valence-corrected chi connectivity index (χ4v) is 6.17. The van der Waals surface area contributed by atoms with Crippen molar-refractivity contribution in [1.82, 2.24) is 4.98 Å². The standard InChI is InChI=1S/C45H37N3/c1-2-44(40-17-9-16-38(29-40)39-25-22-33-13-6-7-14-36(33)27-39)48-45(41-18-8-15-37(28-41)32-11-4-3-5-12-32)30-43(46)35-23-20-34(21-24-35)42-19-10-26-47-31-42/h3-31,44H,2,46H2,1H3/b43-30-,48-45?. The molecule has 6 aromatic carbocycles. The van der Waals surface area contributed by atoms with Crippen molar-refractivity contribution in [2.75, 3.05) is 0 Å². The molecule has 232 valence electrons. The molecular weight excluding hydrogens is 583 g/mol. The van der Waals surface area contributed by atoms with E-state index in [4.69, 9.17) is 10.7 Å². The first-order valence-corrected chi connectivity index (χ1v) is 16.5. The second-order valence-corrected chi connectivity index (χ2v) is 12.0. The van der Waals surface area contributed by atoms with E-state index in [2.05, 4.69) is 158 Å². The molecule has 2 N–H and O–H groups in total. The first-order valence-electron chi connectivity index (χ1n) is 16.5. The normalized spacial score (nSPS) is 12.6. The summed E-state index contributed by atoms with van der Waals surface area (Å²) in [6.45, 7) is 2.19. The van der Waals surface area contributed by atoms with Gasteiger partial charge in [-0.25, -0.2) is 0 Å². The van der Waals surface area contributed by atoms with Gasteiger partial charge in [-0.2, -0.15) is 0 Å². The van der Waals surface area contributed by atoms with Crippen LogP contribution in [0.25, 0.3) is 49.9 Å². The van der Waals surface area contributed by atoms with Gasteiger partial charge in [-0.05, 0) is 92.0 Å². The Balaban J connectivity index is 1.28. The molecule has 0 fully saturated rings. The van der Waals surface area contributed by atoms with Crippen molar-refractivity contribution in [2.24, 2.45) is 10.7 Å². The third kappa shape index (κ3) is 6.86. The first kappa shape index (κ1) is 30.6. The maximum absolute atomic E-state index is 6.84. The van der Waals surface area contributed by atoms with E-state index in [1.165, 1.54) is 27.5 Å². The van der Waals surface area contributed by atoms with Crippen LogP contribution in [0, 0.1) is 0 Å². The molecule has 3 nitrogen and oxygen atoms in total. The van der Waals surface area contributed by atoms with E-state index in [0.29, 0.717) is 5.70 Å². The molecule has 0 aliphatic rings. The number of aromatic nitrogens is 1. The minimum atomic E-state index is -0.0576. The number of nitrogens with zero attached hydrogens (tertiary/aromatic N) is 2. The fourth-order valence-electron chi connectivity index (χ4n) is 6.17. The molecule has 0 spiro atoms. The average Bonchev–Trinajstić information content (AvgIpc) is 3.17. The zero-order chi connectivity index (χ0) is 32.7. The summed E-state index contributed by atoms with van der Waals surface area (Å²) < 4.78 is 0. The molecule has 0 amide bonds. The van der Waals surface area contributed by atoms with Crippen LogP contribution in [0.4, 0.5) is 0 Å². The van der Waals surface area contributed by atoms with Gasteiger partial charge in [-0.3, -0.25) is 9.98 Å². The first-order chi connectivity index (χ1) is 23.6. The molecule has 48 heavy (non-hydrogen) atoms. The number of hydrogen-bond acceptors (Lipinski definition) is 3. The van der Waals surface area contributed by atoms with Crippen LogP contribution in [0.2, 0.25) is 0 Å². The van der Waals surface area contributed by atoms with Crippen molar-refractivity contribution >= 4 is 22.2 Å². The van der Waals surface area contributed by atoms with Crippen molar-refractivity contribution in [2.45, 2.75) is 19.4 Å². The highest BCUT2D eigenvalue weighted by Crippen LogP contribution is 2.31. The molecule has 3 heteroatoms. The Bertz CT molecular complexity index is 2220. The van der Waals surface area contributed by atoms with Crippen molar-refractivity contribution in [3.05, 3.63) is 193 Å². The second kappa shape index (κ2) is 14.1. The SMILES string of the molecule is CCC(N=C(/C=C(\N)c1ccc(-c2cccnc2)cc1)c1cccc(-c2ccccc2)c1)c1cccc(-c2ccc3ccccc3c2)c1. The summed E-state index contributed by atoms with van der Waals surface area (Å²) >= 11 is 0. The minimum Gasteiger partial charge on any atom is -0.398 e. The van der Waals surface area contributed by atoms with Crippen LogP contribution >= 0.6 is 0 Å². The van der Waals surface area contributed by atoms with Crippen LogP contribution in [-0.2, 0) is 0 Å². The Morgan fingerprint density at radius 2 is 1.23 bits per heavy atom. The number of allylic oxidation sites excluding steroid dienone is 1. The quantitative estimate of drug-likeness (QED) is 0.163. The molecule has 0 saturated heterocycles. The highest BCUT2D eigenvalue weighted by Gasteiger charge is 2.14. The zero-order valence-electron chi connectivity index (χ0n) is 27.0. The molecule has 1 heterocycles. The van der Waals surface area contributed by atoms with E-state index >= 15 is 0 Å². The van der Waals surface area contributed by atoms with Crippen LogP contribution in [0.1, 0.15) is 36.1 Å². The van der Waals surface area contributed by atoms with Gasteiger partial charge in [0, 0.05) is 23.7 Å². The molecule has 1 aromatic heterocycles. The summed E-state index contributed by atoms with van der Waals surface area (Å²) in [7, 11) is 0. The lowest BCUT2D eigenvalue weighted by molar-refractivity contribution is 0.702. The third-order valence-electron chi connectivity index (χ3n) is 8.81. The summed E-state index contributed by atoms with van der Waals surface area (Å²) in [6, 6.07) is 55.2. The maximum atomic E-state index is 6.84. The van der Waals surface area contributed by atoms with Crippen LogP contribution in [0.5, 0.6) is 0 Å². The topological polar surface area (TPSA) is 51.3 Å². The lowest BCUT2D eigenvalue weighted by Crippen LogP contribution is -2.07. The van der Waals surface area contributed by atoms with E-state index in [9.17, 15) is 0 Å². The Morgan fingerprint density at radius 1 is 0.583 bits per heavy atom. The molecule has 1 unspecified atom stereocenters. The molecule has 7 aromatic rings. The van der Waals surface area contributed by atoms with Crippen molar-refractivity contribution < 1.29 is 0 Å². The van der Waals surface area contributed by atoms with Crippen LogP contribution in [-0.4, -0.2) is 10.7 Å². The van der Waals surface area contributed by atoms with E-state index in [1.54, 1.807) is 6.20 Å². The Labute approximate surface area is 282 Å². The molecule has 0 saturated carbocycles. The largest absolute Gasteiger partial charge is 0.398 e. The summed E-state index contributed by atoms with van der Waals surface area (Å²) in [5.41, 5.74) is 18.4. The maximum Gasteiger partial charge on any atom is 0.0754 e.